The van der Waals surface area contributed by atoms with Gasteiger partial charge in [-0.3, -0.25) is 14.4 Å². The van der Waals surface area contributed by atoms with Gasteiger partial charge < -0.3 is 20.5 Å². The molecule has 0 atom stereocenters. The molecule has 0 fully saturated rings. The quantitative estimate of drug-likeness (QED) is 0.447. The smallest absolute Gasteiger partial charge is 0.264 e. The molecule has 0 unspecified atom stereocenters. The van der Waals surface area contributed by atoms with Crippen LogP contribution in [0.2, 0.25) is 5.02 Å². The van der Waals surface area contributed by atoms with E-state index in [1.54, 1.807) is 48.5 Å². The number of nitrogens with zero attached hydrogens (tertiary/aromatic N) is 2. The highest BCUT2D eigenvalue weighted by Crippen LogP contribution is 2.17. The molecule has 2 amide bonds. The molecule has 0 bridgehead atoms. The number of carbonyl (C=O) groups excluding carboxylic acids is 2. The van der Waals surface area contributed by atoms with Gasteiger partial charge in [-0.25, -0.2) is 4.98 Å². The largest absolute Gasteiger partial charge is 0.351 e. The number of H-pyrrole nitrogens is 1. The Kier molecular flexibility index (Phi) is 8.34. The minimum atomic E-state index is -0.595. The number of halogens is 1. The van der Waals surface area contributed by atoms with E-state index in [0.717, 1.165) is 19.6 Å². The fourth-order valence-corrected chi connectivity index (χ4v) is 3.31. The van der Waals surface area contributed by atoms with Crippen LogP contribution in [0.4, 0.5) is 5.69 Å². The predicted molar refractivity (Wildman–Crippen MR) is 130 cm³/mol. The van der Waals surface area contributed by atoms with E-state index in [0.29, 0.717) is 34.2 Å². The van der Waals surface area contributed by atoms with Crippen molar-refractivity contribution < 1.29 is 9.59 Å². The van der Waals surface area contributed by atoms with E-state index >= 15 is 0 Å². The Labute approximate surface area is 197 Å². The number of hydrogen-bond donors (Lipinski definition) is 3. The first-order valence-electron chi connectivity index (χ1n) is 10.7. The second-order valence-corrected chi connectivity index (χ2v) is 7.73. The predicted octanol–water partition coefficient (Wildman–Crippen LogP) is 3.41. The Morgan fingerprint density at radius 2 is 1.67 bits per heavy atom. The Morgan fingerprint density at radius 3 is 2.27 bits per heavy atom. The van der Waals surface area contributed by atoms with Gasteiger partial charge in [0.1, 0.15) is 11.4 Å². The number of carbonyl (C=O) groups is 2. The highest BCUT2D eigenvalue weighted by molar-refractivity contribution is 6.30. The van der Waals surface area contributed by atoms with Crippen LogP contribution in [0.25, 0.3) is 11.4 Å². The molecule has 0 saturated carbocycles. The van der Waals surface area contributed by atoms with Crippen molar-refractivity contribution in [1.29, 1.82) is 0 Å². The Bertz CT molecular complexity index is 1160. The zero-order valence-corrected chi connectivity index (χ0v) is 19.3. The highest BCUT2D eigenvalue weighted by Gasteiger charge is 2.14. The highest BCUT2D eigenvalue weighted by atomic mass is 35.5. The van der Waals surface area contributed by atoms with E-state index < -0.39 is 11.5 Å². The number of likely N-dealkylation sites (N-methyl/N-ethyl adjacent to an activating group) is 1. The molecule has 1 aromatic heterocycles. The Morgan fingerprint density at radius 1 is 1.00 bits per heavy atom. The maximum Gasteiger partial charge on any atom is 0.264 e. The molecule has 172 valence electrons. The van der Waals surface area contributed by atoms with Gasteiger partial charge in [-0.1, -0.05) is 25.4 Å². The molecule has 3 aromatic rings. The minimum absolute atomic E-state index is 0.120. The average molecular weight is 468 g/mol. The number of amides is 2. The standard InChI is InChI=1S/C24H26ClN5O3/c1-3-30(4-2)14-13-26-22(31)17-7-11-19(12-8-17)28-23(32)20-15-27-21(29-24(20)33)16-5-9-18(25)10-6-16/h5-12,15H,3-4,13-14H2,1-2H3,(H,26,31)(H,28,32)(H,27,29,33). The van der Waals surface area contributed by atoms with Crippen molar-refractivity contribution in [1.82, 2.24) is 20.2 Å². The number of rotatable bonds is 9. The zero-order chi connectivity index (χ0) is 23.8. The molecular weight excluding hydrogens is 442 g/mol. The summed E-state index contributed by atoms with van der Waals surface area (Å²) in [4.78, 5) is 46.2. The number of nitrogens with one attached hydrogen (secondary N) is 3. The lowest BCUT2D eigenvalue weighted by Gasteiger charge is -2.17. The van der Waals surface area contributed by atoms with Crippen molar-refractivity contribution in [3.8, 4) is 11.4 Å². The summed E-state index contributed by atoms with van der Waals surface area (Å²) in [5.41, 5.74) is 0.942. The first kappa shape index (κ1) is 24.2. The third-order valence-electron chi connectivity index (χ3n) is 5.17. The molecule has 0 aliphatic heterocycles. The van der Waals surface area contributed by atoms with Crippen LogP contribution in [0.5, 0.6) is 0 Å². The molecule has 2 aromatic carbocycles. The first-order chi connectivity index (χ1) is 15.9. The lowest BCUT2D eigenvalue weighted by molar-refractivity contribution is 0.0948. The molecule has 33 heavy (non-hydrogen) atoms. The van der Waals surface area contributed by atoms with Crippen molar-refractivity contribution in [2.75, 3.05) is 31.5 Å². The van der Waals surface area contributed by atoms with Gasteiger partial charge in [0, 0.05) is 41.1 Å². The number of anilines is 1. The van der Waals surface area contributed by atoms with Gasteiger partial charge in [0.15, 0.2) is 0 Å². The first-order valence-corrected chi connectivity index (χ1v) is 11.1. The van der Waals surface area contributed by atoms with Crippen LogP contribution < -0.4 is 16.2 Å². The normalized spacial score (nSPS) is 10.8. The fourth-order valence-electron chi connectivity index (χ4n) is 3.18. The summed E-state index contributed by atoms with van der Waals surface area (Å²) in [5, 5.41) is 6.10. The van der Waals surface area contributed by atoms with Crippen molar-refractivity contribution in [3.63, 3.8) is 0 Å². The Balaban J connectivity index is 1.60. The van der Waals surface area contributed by atoms with Crippen molar-refractivity contribution in [3.05, 3.63) is 81.2 Å². The van der Waals surface area contributed by atoms with E-state index in [1.807, 2.05) is 0 Å². The van der Waals surface area contributed by atoms with Gasteiger partial charge in [0.2, 0.25) is 0 Å². The van der Waals surface area contributed by atoms with Crippen molar-refractivity contribution >= 4 is 29.1 Å². The molecule has 3 rings (SSSR count). The molecule has 0 radical (unpaired) electrons. The van der Waals surface area contributed by atoms with Gasteiger partial charge in [-0.15, -0.1) is 0 Å². The summed E-state index contributed by atoms with van der Waals surface area (Å²) in [6.45, 7) is 7.37. The zero-order valence-electron chi connectivity index (χ0n) is 18.5. The number of aromatic nitrogens is 2. The van der Waals surface area contributed by atoms with Crippen LogP contribution >= 0.6 is 11.6 Å². The molecule has 0 spiro atoms. The van der Waals surface area contributed by atoms with Crippen LogP contribution in [-0.2, 0) is 0 Å². The molecule has 0 saturated heterocycles. The topological polar surface area (TPSA) is 107 Å². The fraction of sp³-hybridized carbons (Fsp3) is 0.250. The number of hydrogen-bond acceptors (Lipinski definition) is 5. The number of benzene rings is 2. The summed E-state index contributed by atoms with van der Waals surface area (Å²) >= 11 is 5.88. The molecule has 0 aliphatic rings. The van der Waals surface area contributed by atoms with Gasteiger partial charge in [-0.2, -0.15) is 0 Å². The summed E-state index contributed by atoms with van der Waals surface area (Å²) < 4.78 is 0. The van der Waals surface area contributed by atoms with Crippen LogP contribution in [0.3, 0.4) is 0 Å². The maximum absolute atomic E-state index is 12.5. The molecule has 0 aliphatic carbocycles. The molecule has 3 N–H and O–H groups in total. The van der Waals surface area contributed by atoms with Crippen LogP contribution in [0.15, 0.2) is 59.5 Å². The van der Waals surface area contributed by atoms with E-state index in [4.69, 9.17) is 11.6 Å². The number of aromatic amines is 1. The van der Waals surface area contributed by atoms with Gasteiger partial charge in [0.05, 0.1) is 0 Å². The van der Waals surface area contributed by atoms with Crippen molar-refractivity contribution in [2.45, 2.75) is 13.8 Å². The van der Waals surface area contributed by atoms with Crippen LogP contribution in [0.1, 0.15) is 34.6 Å². The van der Waals surface area contributed by atoms with E-state index in [2.05, 4.69) is 39.3 Å². The van der Waals surface area contributed by atoms with E-state index in [1.165, 1.54) is 6.20 Å². The average Bonchev–Trinajstić information content (AvgIpc) is 2.82. The lowest BCUT2D eigenvalue weighted by atomic mass is 10.2. The van der Waals surface area contributed by atoms with Crippen LogP contribution in [0, 0.1) is 0 Å². The van der Waals surface area contributed by atoms with Gasteiger partial charge in [0.25, 0.3) is 17.4 Å². The SMILES string of the molecule is CCN(CC)CCNC(=O)c1ccc(NC(=O)c2cnc(-c3ccc(Cl)cc3)[nH]c2=O)cc1. The summed E-state index contributed by atoms with van der Waals surface area (Å²) in [6.07, 6.45) is 1.23. The summed E-state index contributed by atoms with van der Waals surface area (Å²) in [5.74, 6) is -0.439. The van der Waals surface area contributed by atoms with E-state index in [-0.39, 0.29) is 11.5 Å². The second-order valence-electron chi connectivity index (χ2n) is 7.30. The van der Waals surface area contributed by atoms with E-state index in [9.17, 15) is 14.4 Å². The maximum atomic E-state index is 12.5. The monoisotopic (exact) mass is 467 g/mol. The van der Waals surface area contributed by atoms with Gasteiger partial charge in [-0.05, 0) is 61.6 Å². The summed E-state index contributed by atoms with van der Waals surface area (Å²) in [7, 11) is 0. The van der Waals surface area contributed by atoms with Crippen molar-refractivity contribution in [2.24, 2.45) is 0 Å². The molecule has 1 heterocycles. The third kappa shape index (κ3) is 6.50. The van der Waals surface area contributed by atoms with Gasteiger partial charge >= 0.3 is 0 Å². The minimum Gasteiger partial charge on any atom is -0.351 e. The molecular formula is C24H26ClN5O3. The second kappa shape index (κ2) is 11.4. The van der Waals surface area contributed by atoms with Crippen LogP contribution in [-0.4, -0.2) is 52.9 Å². The molecule has 9 heteroatoms. The Hall–Kier alpha value is -3.49. The third-order valence-corrected chi connectivity index (χ3v) is 5.43. The lowest BCUT2D eigenvalue weighted by Crippen LogP contribution is -2.34. The molecule has 8 nitrogen and oxygen atoms in total. The summed E-state index contributed by atoms with van der Waals surface area (Å²) in [6, 6.07) is 13.3.